The van der Waals surface area contributed by atoms with E-state index in [1.807, 2.05) is 0 Å². The van der Waals surface area contributed by atoms with Crippen molar-refractivity contribution >= 4 is 22.0 Å². The molecular formula is C31H54N2Sn. The van der Waals surface area contributed by atoms with Gasteiger partial charge >= 0.3 is 130 Å². The third kappa shape index (κ3) is 10.4. The molecule has 0 radical (unpaired) electrons. The average Bonchev–Trinajstić information content (AvgIpc) is 2.84. The van der Waals surface area contributed by atoms with Crippen LogP contribution < -0.4 is 15.0 Å². The van der Waals surface area contributed by atoms with Crippen LogP contribution in [0.15, 0.2) is 54.6 Å². The SMILES string of the molecule is CC(C)(C)C(CCN)c1ccccc1.CCC[CH2][Sn]([CH2]CC)([CH2]CCC)[c]1cccc(CN)c1. The van der Waals surface area contributed by atoms with E-state index in [1.165, 1.54) is 56.5 Å². The first-order valence-electron chi connectivity index (χ1n) is 13.8. The summed E-state index contributed by atoms with van der Waals surface area (Å²) in [4.78, 5) is 0. The molecule has 0 saturated carbocycles. The van der Waals surface area contributed by atoms with Gasteiger partial charge in [-0.1, -0.05) is 51.1 Å². The number of benzene rings is 2. The molecule has 4 N–H and O–H groups in total. The van der Waals surface area contributed by atoms with Crippen molar-refractivity contribution in [1.82, 2.24) is 0 Å². The van der Waals surface area contributed by atoms with Gasteiger partial charge in [0.05, 0.1) is 0 Å². The first-order valence-corrected chi connectivity index (χ1v) is 21.3. The van der Waals surface area contributed by atoms with Gasteiger partial charge in [-0.05, 0) is 29.9 Å². The Morgan fingerprint density at radius 1 is 0.765 bits per heavy atom. The molecule has 0 fully saturated rings. The van der Waals surface area contributed by atoms with Crippen molar-refractivity contribution in [2.75, 3.05) is 6.54 Å². The Labute approximate surface area is 216 Å². The van der Waals surface area contributed by atoms with Crippen molar-refractivity contribution in [3.8, 4) is 0 Å². The zero-order valence-corrected chi connectivity index (χ0v) is 26.1. The Morgan fingerprint density at radius 2 is 1.38 bits per heavy atom. The number of nitrogens with two attached hydrogens (primary N) is 2. The van der Waals surface area contributed by atoms with Crippen LogP contribution in [0.25, 0.3) is 0 Å². The van der Waals surface area contributed by atoms with Gasteiger partial charge in [0.1, 0.15) is 0 Å². The van der Waals surface area contributed by atoms with E-state index in [-0.39, 0.29) is 0 Å². The van der Waals surface area contributed by atoms with Crippen molar-refractivity contribution in [2.45, 2.75) is 106 Å². The number of rotatable bonds is 13. The standard InChI is InChI=1S/C13H21N.C7H8N.2C4H9.C3H7.Sn/c1-13(2,3)12(9-10-14)11-7-5-4-6-8-11;8-6-7-4-2-1-3-5-7;2*1-3-4-2;1-3-2;/h4-8,12H,9-10,14H2,1-3H3;1-2,4-5H,6,8H2;2*1,3-4H2,2H3;1,3H2,2H3;. The molecule has 0 bridgehead atoms. The second-order valence-corrected chi connectivity index (χ2v) is 24.3. The van der Waals surface area contributed by atoms with E-state index in [9.17, 15) is 0 Å². The molecule has 0 heterocycles. The van der Waals surface area contributed by atoms with Crippen molar-refractivity contribution in [3.63, 3.8) is 0 Å². The summed E-state index contributed by atoms with van der Waals surface area (Å²) in [5.41, 5.74) is 14.5. The zero-order chi connectivity index (χ0) is 25.5. The van der Waals surface area contributed by atoms with Crippen LogP contribution in [0.4, 0.5) is 0 Å². The second-order valence-electron chi connectivity index (χ2n) is 11.0. The Kier molecular flexibility index (Phi) is 15.4. The molecule has 0 aliphatic carbocycles. The van der Waals surface area contributed by atoms with E-state index in [1.54, 1.807) is 3.58 Å². The average molecular weight is 573 g/mol. The van der Waals surface area contributed by atoms with Crippen LogP contribution in [0.5, 0.6) is 0 Å². The van der Waals surface area contributed by atoms with Crippen LogP contribution in [0, 0.1) is 5.41 Å². The van der Waals surface area contributed by atoms with Crippen LogP contribution in [-0.2, 0) is 6.54 Å². The van der Waals surface area contributed by atoms with Crippen molar-refractivity contribution < 1.29 is 0 Å². The second kappa shape index (κ2) is 16.8. The van der Waals surface area contributed by atoms with Gasteiger partial charge in [-0.2, -0.15) is 0 Å². The Bertz CT molecular complexity index is 759. The topological polar surface area (TPSA) is 52.0 Å². The maximum atomic E-state index is 5.86. The molecule has 2 nitrogen and oxygen atoms in total. The molecule has 1 unspecified atom stereocenters. The van der Waals surface area contributed by atoms with E-state index >= 15 is 0 Å². The van der Waals surface area contributed by atoms with Crippen LogP contribution in [0.2, 0.25) is 13.3 Å². The van der Waals surface area contributed by atoms with Gasteiger partial charge in [-0.15, -0.1) is 0 Å². The van der Waals surface area contributed by atoms with Gasteiger partial charge in [0, 0.05) is 0 Å². The molecule has 2 aromatic carbocycles. The fourth-order valence-corrected chi connectivity index (χ4v) is 21.2. The molecule has 192 valence electrons. The third-order valence-electron chi connectivity index (χ3n) is 7.22. The van der Waals surface area contributed by atoms with Gasteiger partial charge in [-0.3, -0.25) is 0 Å². The van der Waals surface area contributed by atoms with Crippen LogP contribution in [-0.4, -0.2) is 24.9 Å². The zero-order valence-electron chi connectivity index (χ0n) is 23.2. The summed E-state index contributed by atoms with van der Waals surface area (Å²) in [5.74, 6) is 0.564. The van der Waals surface area contributed by atoms with Crippen molar-refractivity contribution in [3.05, 3.63) is 65.7 Å². The molecule has 0 amide bonds. The summed E-state index contributed by atoms with van der Waals surface area (Å²) >= 11 is -2.19. The maximum absolute atomic E-state index is 5.86. The molecule has 0 aliphatic heterocycles. The van der Waals surface area contributed by atoms with Gasteiger partial charge in [0.25, 0.3) is 0 Å². The predicted molar refractivity (Wildman–Crippen MR) is 157 cm³/mol. The quantitative estimate of drug-likeness (QED) is 0.239. The van der Waals surface area contributed by atoms with Crippen molar-refractivity contribution in [1.29, 1.82) is 0 Å². The fourth-order valence-electron chi connectivity index (χ4n) is 5.30. The molecule has 0 saturated heterocycles. The molecule has 0 aliphatic rings. The van der Waals surface area contributed by atoms with E-state index in [4.69, 9.17) is 11.5 Å². The predicted octanol–water partition coefficient (Wildman–Crippen LogP) is 7.98. The molecule has 0 aromatic heterocycles. The van der Waals surface area contributed by atoms with Crippen LogP contribution >= 0.6 is 0 Å². The number of hydrogen-bond acceptors (Lipinski definition) is 2. The van der Waals surface area contributed by atoms with E-state index in [0.29, 0.717) is 17.9 Å². The van der Waals surface area contributed by atoms with E-state index < -0.39 is 18.4 Å². The number of hydrogen-bond donors (Lipinski definition) is 2. The molecule has 2 rings (SSSR count). The normalized spacial score (nSPS) is 12.7. The van der Waals surface area contributed by atoms with Gasteiger partial charge in [0.2, 0.25) is 0 Å². The Hall–Kier alpha value is -0.841. The summed E-state index contributed by atoms with van der Waals surface area (Å²) in [6.45, 7) is 15.3. The van der Waals surface area contributed by atoms with E-state index in [0.717, 1.165) is 13.0 Å². The van der Waals surface area contributed by atoms with Crippen molar-refractivity contribution in [2.24, 2.45) is 16.9 Å². The summed E-state index contributed by atoms with van der Waals surface area (Å²) in [7, 11) is 0. The summed E-state index contributed by atoms with van der Waals surface area (Å²) < 4.78 is 6.33. The minimum atomic E-state index is -2.19. The molecular weight excluding hydrogens is 519 g/mol. The molecule has 1 atom stereocenters. The van der Waals surface area contributed by atoms with Gasteiger partial charge in [0.15, 0.2) is 0 Å². The third-order valence-corrected chi connectivity index (χ3v) is 23.2. The monoisotopic (exact) mass is 574 g/mol. The first-order chi connectivity index (χ1) is 16.3. The Balaban J connectivity index is 0.000000362. The van der Waals surface area contributed by atoms with Crippen LogP contribution in [0.3, 0.4) is 0 Å². The summed E-state index contributed by atoms with van der Waals surface area (Å²) in [6, 6.07) is 20.0. The summed E-state index contributed by atoms with van der Waals surface area (Å²) in [6.07, 6.45) is 7.94. The minimum absolute atomic E-state index is 0.292. The molecule has 34 heavy (non-hydrogen) atoms. The molecule has 2 aromatic rings. The Morgan fingerprint density at radius 3 is 1.85 bits per heavy atom. The number of unbranched alkanes of at least 4 members (excludes halogenated alkanes) is 2. The van der Waals surface area contributed by atoms with Crippen LogP contribution in [0.1, 0.15) is 97.1 Å². The molecule has 0 spiro atoms. The fraction of sp³-hybridized carbons (Fsp3) is 0.613. The molecule has 3 heteroatoms. The van der Waals surface area contributed by atoms with Gasteiger partial charge in [-0.25, -0.2) is 0 Å². The first kappa shape index (κ1) is 31.2. The summed E-state index contributed by atoms with van der Waals surface area (Å²) in [5, 5.41) is 0. The van der Waals surface area contributed by atoms with E-state index in [2.05, 4.69) is 96.1 Å². The van der Waals surface area contributed by atoms with Gasteiger partial charge < -0.3 is 5.73 Å².